The van der Waals surface area contributed by atoms with E-state index >= 15 is 0 Å². The molecule has 0 radical (unpaired) electrons. The Morgan fingerprint density at radius 3 is 2.74 bits per heavy atom. The minimum absolute atomic E-state index is 0.0212. The van der Waals surface area contributed by atoms with Crippen LogP contribution in [0.2, 0.25) is 5.02 Å². The monoisotopic (exact) mass is 303 g/mol. The number of carbonyl (C=O) groups is 1. The van der Waals surface area contributed by atoms with Gasteiger partial charge in [0.2, 0.25) is 0 Å². The van der Waals surface area contributed by atoms with Gasteiger partial charge in [0.25, 0.3) is 5.91 Å². The number of aromatic nitrogens is 1. The number of amides is 1. The van der Waals surface area contributed by atoms with E-state index in [1.807, 2.05) is 0 Å². The van der Waals surface area contributed by atoms with Gasteiger partial charge in [-0.15, -0.1) is 0 Å². The third kappa shape index (κ3) is 3.18. The zero-order chi connectivity index (χ0) is 14.0. The van der Waals surface area contributed by atoms with Crippen molar-refractivity contribution < 1.29 is 13.6 Å². The maximum Gasteiger partial charge on any atom is 0.263 e. The van der Waals surface area contributed by atoms with Gasteiger partial charge in [-0.25, -0.2) is 13.8 Å². The van der Waals surface area contributed by atoms with Crippen LogP contribution in [0.5, 0.6) is 0 Å². The molecule has 19 heavy (non-hydrogen) atoms. The van der Waals surface area contributed by atoms with Crippen molar-refractivity contribution in [1.29, 1.82) is 0 Å². The molecule has 0 aliphatic rings. The topological polar surface area (TPSA) is 68.0 Å². The highest BCUT2D eigenvalue weighted by Crippen LogP contribution is 2.20. The summed E-state index contributed by atoms with van der Waals surface area (Å²) in [7, 11) is 0. The second-order valence-electron chi connectivity index (χ2n) is 3.60. The zero-order valence-electron chi connectivity index (χ0n) is 9.41. The van der Waals surface area contributed by atoms with E-state index in [-0.39, 0.29) is 22.3 Å². The highest BCUT2D eigenvalue weighted by atomic mass is 35.5. The van der Waals surface area contributed by atoms with Crippen molar-refractivity contribution in [3.05, 3.63) is 45.4 Å². The lowest BCUT2D eigenvalue weighted by molar-refractivity contribution is 0.0954. The molecule has 1 heterocycles. The largest absolute Gasteiger partial charge is 0.375 e. The molecule has 0 saturated carbocycles. The summed E-state index contributed by atoms with van der Waals surface area (Å²) >= 11 is 6.78. The SMILES string of the molecule is Nc1ncc(C(=O)NCc2cc(F)c(F)cc2Cl)s1. The summed E-state index contributed by atoms with van der Waals surface area (Å²) < 4.78 is 25.9. The highest BCUT2D eigenvalue weighted by Gasteiger charge is 2.12. The van der Waals surface area contributed by atoms with Gasteiger partial charge in [-0.1, -0.05) is 22.9 Å². The first kappa shape index (κ1) is 13.7. The lowest BCUT2D eigenvalue weighted by atomic mass is 10.2. The number of thiazole rings is 1. The number of rotatable bonds is 3. The van der Waals surface area contributed by atoms with E-state index in [0.717, 1.165) is 23.5 Å². The van der Waals surface area contributed by atoms with E-state index in [4.69, 9.17) is 17.3 Å². The van der Waals surface area contributed by atoms with Crippen molar-refractivity contribution in [3.8, 4) is 0 Å². The van der Waals surface area contributed by atoms with Gasteiger partial charge in [-0.2, -0.15) is 0 Å². The van der Waals surface area contributed by atoms with E-state index in [0.29, 0.717) is 4.88 Å². The molecule has 0 saturated heterocycles. The molecule has 0 unspecified atom stereocenters. The van der Waals surface area contributed by atoms with Crippen LogP contribution in [-0.2, 0) is 6.54 Å². The van der Waals surface area contributed by atoms with Crippen LogP contribution >= 0.6 is 22.9 Å². The molecular weight excluding hydrogens is 296 g/mol. The van der Waals surface area contributed by atoms with Crippen LogP contribution in [0.4, 0.5) is 13.9 Å². The molecule has 2 aromatic rings. The number of hydrogen-bond donors (Lipinski definition) is 2. The van der Waals surface area contributed by atoms with Crippen molar-refractivity contribution in [3.63, 3.8) is 0 Å². The molecule has 0 fully saturated rings. The smallest absolute Gasteiger partial charge is 0.263 e. The Kier molecular flexibility index (Phi) is 3.96. The fourth-order valence-electron chi connectivity index (χ4n) is 1.35. The fourth-order valence-corrected chi connectivity index (χ4v) is 2.17. The Bertz CT molecular complexity index is 632. The van der Waals surface area contributed by atoms with Gasteiger partial charge >= 0.3 is 0 Å². The van der Waals surface area contributed by atoms with E-state index in [1.54, 1.807) is 0 Å². The van der Waals surface area contributed by atoms with Gasteiger partial charge in [-0.05, 0) is 17.7 Å². The molecular formula is C11H8ClF2N3OS. The van der Waals surface area contributed by atoms with Crippen molar-refractivity contribution in [2.45, 2.75) is 6.54 Å². The first-order valence-corrected chi connectivity index (χ1v) is 6.29. The maximum atomic E-state index is 13.0. The molecule has 1 aromatic carbocycles. The van der Waals surface area contributed by atoms with E-state index in [9.17, 15) is 13.6 Å². The molecule has 0 bridgehead atoms. The van der Waals surface area contributed by atoms with Crippen LogP contribution in [-0.4, -0.2) is 10.9 Å². The average molecular weight is 304 g/mol. The summed E-state index contributed by atoms with van der Waals surface area (Å²) in [5, 5.41) is 2.84. The van der Waals surface area contributed by atoms with Crippen molar-refractivity contribution >= 4 is 34.0 Å². The zero-order valence-corrected chi connectivity index (χ0v) is 11.0. The van der Waals surface area contributed by atoms with Crippen molar-refractivity contribution in [1.82, 2.24) is 10.3 Å². The highest BCUT2D eigenvalue weighted by molar-refractivity contribution is 7.17. The van der Waals surface area contributed by atoms with E-state index in [1.165, 1.54) is 6.20 Å². The summed E-state index contributed by atoms with van der Waals surface area (Å²) in [4.78, 5) is 15.8. The number of nitrogens with two attached hydrogens (primary N) is 1. The predicted molar refractivity (Wildman–Crippen MR) is 69.1 cm³/mol. The second-order valence-corrected chi connectivity index (χ2v) is 5.07. The molecule has 1 aromatic heterocycles. The summed E-state index contributed by atoms with van der Waals surface area (Å²) in [5.41, 5.74) is 5.68. The molecule has 2 rings (SSSR count). The van der Waals surface area contributed by atoms with Crippen LogP contribution in [0.1, 0.15) is 15.2 Å². The lowest BCUT2D eigenvalue weighted by Crippen LogP contribution is -2.22. The third-order valence-electron chi connectivity index (χ3n) is 2.28. The van der Waals surface area contributed by atoms with Gasteiger partial charge in [0.05, 0.1) is 6.20 Å². The van der Waals surface area contributed by atoms with Gasteiger partial charge in [-0.3, -0.25) is 4.79 Å². The number of anilines is 1. The van der Waals surface area contributed by atoms with Crippen LogP contribution in [0.15, 0.2) is 18.3 Å². The third-order valence-corrected chi connectivity index (χ3v) is 3.45. The molecule has 3 N–H and O–H groups in total. The van der Waals surface area contributed by atoms with Crippen molar-refractivity contribution in [2.24, 2.45) is 0 Å². The van der Waals surface area contributed by atoms with Crippen LogP contribution in [0.25, 0.3) is 0 Å². The molecule has 0 spiro atoms. The fraction of sp³-hybridized carbons (Fsp3) is 0.0909. The molecule has 8 heteroatoms. The molecule has 100 valence electrons. The number of nitrogen functional groups attached to an aromatic ring is 1. The lowest BCUT2D eigenvalue weighted by Gasteiger charge is -2.06. The normalized spacial score (nSPS) is 10.5. The van der Waals surface area contributed by atoms with E-state index < -0.39 is 17.5 Å². The second kappa shape index (κ2) is 5.50. The number of hydrogen-bond acceptors (Lipinski definition) is 4. The van der Waals surface area contributed by atoms with Gasteiger partial charge < -0.3 is 11.1 Å². The molecule has 4 nitrogen and oxygen atoms in total. The molecule has 0 atom stereocenters. The molecule has 0 aliphatic heterocycles. The summed E-state index contributed by atoms with van der Waals surface area (Å²) in [6.07, 6.45) is 1.34. The Balaban J connectivity index is 2.07. The minimum Gasteiger partial charge on any atom is -0.375 e. The number of nitrogens with zero attached hydrogens (tertiary/aromatic N) is 1. The standard InChI is InChI=1S/C11H8ClF2N3OS/c12-6-2-8(14)7(13)1-5(6)3-16-10(18)9-4-17-11(15)19-9/h1-2,4H,3H2,(H2,15,17)(H,16,18). The van der Waals surface area contributed by atoms with Gasteiger partial charge in [0.15, 0.2) is 16.8 Å². The van der Waals surface area contributed by atoms with Crippen LogP contribution in [0, 0.1) is 11.6 Å². The Labute approximate surface area is 116 Å². The van der Waals surface area contributed by atoms with Gasteiger partial charge in [0, 0.05) is 11.6 Å². The summed E-state index contributed by atoms with van der Waals surface area (Å²) in [5.74, 6) is -2.46. The number of nitrogens with one attached hydrogen (secondary N) is 1. The van der Waals surface area contributed by atoms with Crippen molar-refractivity contribution in [2.75, 3.05) is 5.73 Å². The first-order valence-electron chi connectivity index (χ1n) is 5.10. The number of halogens is 3. The minimum atomic E-state index is -1.03. The predicted octanol–water partition coefficient (Wildman–Crippen LogP) is 2.59. The average Bonchev–Trinajstić information content (AvgIpc) is 2.78. The number of carbonyl (C=O) groups excluding carboxylic acids is 1. The molecule has 1 amide bonds. The summed E-state index contributed by atoms with van der Waals surface area (Å²) in [6.45, 7) is -0.0212. The van der Waals surface area contributed by atoms with E-state index in [2.05, 4.69) is 10.3 Å². The Hall–Kier alpha value is -1.73. The van der Waals surface area contributed by atoms with Crippen LogP contribution in [0.3, 0.4) is 0 Å². The first-order chi connectivity index (χ1) is 8.97. The van der Waals surface area contributed by atoms with Gasteiger partial charge in [0.1, 0.15) is 4.88 Å². The molecule has 0 aliphatic carbocycles. The van der Waals surface area contributed by atoms with Crippen LogP contribution < -0.4 is 11.1 Å². The maximum absolute atomic E-state index is 13.0. The quantitative estimate of drug-likeness (QED) is 0.856. The number of benzene rings is 1. The summed E-state index contributed by atoms with van der Waals surface area (Å²) in [6, 6.07) is 1.81. The Morgan fingerprint density at radius 1 is 1.42 bits per heavy atom. The Morgan fingerprint density at radius 2 is 2.11 bits per heavy atom.